The van der Waals surface area contributed by atoms with Gasteiger partial charge in [0.1, 0.15) is 5.75 Å². The Morgan fingerprint density at radius 2 is 2.28 bits per heavy atom. The number of hydrogen-bond acceptors (Lipinski definition) is 3. The highest BCUT2D eigenvalue weighted by atomic mass is 16.3. The SMILES string of the molecule is Cc1cccc(NC(=O)C2CC3CCC2N3)c1O. The standard InChI is InChI=1S/C14H18N2O2/c1-8-3-2-4-12(13(8)17)16-14(18)10-7-9-5-6-11(10)15-9/h2-4,9-11,15,17H,5-7H2,1H3,(H,16,18). The molecule has 4 heteroatoms. The van der Waals surface area contributed by atoms with Crippen LogP contribution in [-0.4, -0.2) is 23.1 Å². The van der Waals surface area contributed by atoms with Gasteiger partial charge in [0.25, 0.3) is 0 Å². The Bertz CT molecular complexity index is 487. The van der Waals surface area contributed by atoms with E-state index in [0.717, 1.165) is 18.4 Å². The van der Waals surface area contributed by atoms with Crippen molar-refractivity contribution < 1.29 is 9.90 Å². The third-order valence-electron chi connectivity index (χ3n) is 4.13. The van der Waals surface area contributed by atoms with Crippen LogP contribution in [0.2, 0.25) is 0 Å². The van der Waals surface area contributed by atoms with E-state index in [1.807, 2.05) is 19.1 Å². The third kappa shape index (κ3) is 1.86. The molecule has 2 aliphatic heterocycles. The maximum atomic E-state index is 12.2. The number of rotatable bonds is 2. The van der Waals surface area contributed by atoms with Gasteiger partial charge in [-0.3, -0.25) is 4.79 Å². The average molecular weight is 246 g/mol. The van der Waals surface area contributed by atoms with Gasteiger partial charge in [0.2, 0.25) is 5.91 Å². The number of carbonyl (C=O) groups is 1. The van der Waals surface area contributed by atoms with Crippen LogP contribution in [0.4, 0.5) is 5.69 Å². The number of amides is 1. The first kappa shape index (κ1) is 11.5. The topological polar surface area (TPSA) is 61.4 Å². The van der Waals surface area contributed by atoms with Crippen molar-refractivity contribution in [2.24, 2.45) is 5.92 Å². The summed E-state index contributed by atoms with van der Waals surface area (Å²) in [6, 6.07) is 6.23. The molecule has 0 radical (unpaired) electrons. The van der Waals surface area contributed by atoms with E-state index in [1.54, 1.807) is 6.07 Å². The molecule has 3 rings (SSSR count). The van der Waals surface area contributed by atoms with Crippen LogP contribution in [0.5, 0.6) is 5.75 Å². The van der Waals surface area contributed by atoms with Crippen molar-refractivity contribution in [1.82, 2.24) is 5.32 Å². The molecule has 0 aliphatic carbocycles. The number of nitrogens with one attached hydrogen (secondary N) is 2. The maximum absolute atomic E-state index is 12.2. The molecule has 2 fully saturated rings. The Morgan fingerprint density at radius 3 is 2.94 bits per heavy atom. The fraction of sp³-hybridized carbons (Fsp3) is 0.500. The van der Waals surface area contributed by atoms with Crippen LogP contribution < -0.4 is 10.6 Å². The summed E-state index contributed by atoms with van der Waals surface area (Å²) in [5.74, 6) is 0.237. The van der Waals surface area contributed by atoms with Gasteiger partial charge in [-0.05, 0) is 37.8 Å². The van der Waals surface area contributed by atoms with Gasteiger partial charge in [0.05, 0.1) is 11.6 Å². The molecule has 2 heterocycles. The predicted octanol–water partition coefficient (Wildman–Crippen LogP) is 1.78. The maximum Gasteiger partial charge on any atom is 0.229 e. The molecule has 2 bridgehead atoms. The van der Waals surface area contributed by atoms with E-state index in [4.69, 9.17) is 0 Å². The minimum atomic E-state index is 0.0237. The van der Waals surface area contributed by atoms with Gasteiger partial charge in [-0.2, -0.15) is 0 Å². The summed E-state index contributed by atoms with van der Waals surface area (Å²) in [6.45, 7) is 1.82. The molecule has 0 spiro atoms. The second kappa shape index (κ2) is 4.28. The van der Waals surface area contributed by atoms with Gasteiger partial charge in [-0.15, -0.1) is 0 Å². The number of fused-ring (bicyclic) bond motifs is 2. The molecule has 3 atom stereocenters. The van der Waals surface area contributed by atoms with Gasteiger partial charge < -0.3 is 15.7 Å². The second-order valence-electron chi connectivity index (χ2n) is 5.35. The van der Waals surface area contributed by atoms with Crippen molar-refractivity contribution in [1.29, 1.82) is 0 Å². The Hall–Kier alpha value is -1.55. The van der Waals surface area contributed by atoms with Crippen LogP contribution in [0.1, 0.15) is 24.8 Å². The first-order valence-electron chi connectivity index (χ1n) is 6.50. The zero-order chi connectivity index (χ0) is 12.7. The number of phenolic OH excluding ortho intramolecular Hbond substituents is 1. The molecular formula is C14H18N2O2. The van der Waals surface area contributed by atoms with Crippen LogP contribution in [0, 0.1) is 12.8 Å². The molecule has 2 aliphatic rings. The lowest BCUT2D eigenvalue weighted by Gasteiger charge is -2.19. The molecule has 18 heavy (non-hydrogen) atoms. The van der Waals surface area contributed by atoms with E-state index in [1.165, 1.54) is 6.42 Å². The van der Waals surface area contributed by atoms with Crippen molar-refractivity contribution in [3.63, 3.8) is 0 Å². The first-order chi connectivity index (χ1) is 8.65. The number of anilines is 1. The van der Waals surface area contributed by atoms with Gasteiger partial charge in [0.15, 0.2) is 0 Å². The van der Waals surface area contributed by atoms with Gasteiger partial charge in [-0.25, -0.2) is 0 Å². The summed E-state index contributed by atoms with van der Waals surface area (Å²) in [4.78, 5) is 12.2. The number of para-hydroxylation sites is 1. The van der Waals surface area contributed by atoms with Gasteiger partial charge >= 0.3 is 0 Å². The zero-order valence-electron chi connectivity index (χ0n) is 10.4. The highest BCUT2D eigenvalue weighted by molar-refractivity contribution is 5.94. The Kier molecular flexibility index (Phi) is 2.74. The monoisotopic (exact) mass is 246 g/mol. The number of aryl methyl sites for hydroxylation is 1. The van der Waals surface area contributed by atoms with Crippen LogP contribution in [0.3, 0.4) is 0 Å². The van der Waals surface area contributed by atoms with Crippen molar-refractivity contribution in [2.75, 3.05) is 5.32 Å². The summed E-state index contributed by atoms with van der Waals surface area (Å²) in [7, 11) is 0. The fourth-order valence-corrected chi connectivity index (χ4v) is 3.10. The minimum Gasteiger partial charge on any atom is -0.505 e. The van der Waals surface area contributed by atoms with Crippen LogP contribution in [-0.2, 0) is 4.79 Å². The quantitative estimate of drug-likeness (QED) is 0.697. The van der Waals surface area contributed by atoms with E-state index in [0.29, 0.717) is 17.8 Å². The molecule has 2 saturated heterocycles. The average Bonchev–Trinajstić information content (AvgIpc) is 2.97. The van der Waals surface area contributed by atoms with E-state index in [-0.39, 0.29) is 17.6 Å². The van der Waals surface area contributed by atoms with E-state index in [2.05, 4.69) is 10.6 Å². The van der Waals surface area contributed by atoms with Crippen molar-refractivity contribution >= 4 is 11.6 Å². The largest absolute Gasteiger partial charge is 0.505 e. The molecule has 1 aromatic carbocycles. The minimum absolute atomic E-state index is 0.0237. The Balaban J connectivity index is 1.73. The molecule has 4 nitrogen and oxygen atoms in total. The summed E-state index contributed by atoms with van der Waals surface area (Å²) in [5.41, 5.74) is 1.29. The molecule has 1 amide bonds. The second-order valence-corrected chi connectivity index (χ2v) is 5.35. The Labute approximate surface area is 106 Å². The normalized spacial score (nSPS) is 29.5. The van der Waals surface area contributed by atoms with Crippen LogP contribution >= 0.6 is 0 Å². The lowest BCUT2D eigenvalue weighted by molar-refractivity contribution is -0.120. The lowest BCUT2D eigenvalue weighted by Crippen LogP contribution is -2.32. The van der Waals surface area contributed by atoms with Crippen molar-refractivity contribution in [2.45, 2.75) is 38.3 Å². The zero-order valence-corrected chi connectivity index (χ0v) is 10.4. The molecule has 0 aromatic heterocycles. The van der Waals surface area contributed by atoms with Crippen LogP contribution in [0.25, 0.3) is 0 Å². The predicted molar refractivity (Wildman–Crippen MR) is 69.5 cm³/mol. The number of phenols is 1. The molecule has 3 N–H and O–H groups in total. The van der Waals surface area contributed by atoms with E-state index in [9.17, 15) is 9.90 Å². The van der Waals surface area contributed by atoms with Gasteiger partial charge in [0, 0.05) is 12.1 Å². The van der Waals surface area contributed by atoms with E-state index < -0.39 is 0 Å². The van der Waals surface area contributed by atoms with Gasteiger partial charge in [-0.1, -0.05) is 12.1 Å². The molecule has 1 aromatic rings. The molecule has 3 unspecified atom stereocenters. The summed E-state index contributed by atoms with van der Waals surface area (Å²) < 4.78 is 0. The van der Waals surface area contributed by atoms with E-state index >= 15 is 0 Å². The smallest absolute Gasteiger partial charge is 0.229 e. The highest BCUT2D eigenvalue weighted by Gasteiger charge is 2.42. The summed E-state index contributed by atoms with van der Waals surface area (Å²) in [5, 5.41) is 16.2. The van der Waals surface area contributed by atoms with Crippen molar-refractivity contribution in [3.8, 4) is 5.75 Å². The number of aromatic hydroxyl groups is 1. The molecule has 0 saturated carbocycles. The summed E-state index contributed by atoms with van der Waals surface area (Å²) >= 11 is 0. The van der Waals surface area contributed by atoms with Crippen LogP contribution in [0.15, 0.2) is 18.2 Å². The van der Waals surface area contributed by atoms with Crippen molar-refractivity contribution in [3.05, 3.63) is 23.8 Å². The lowest BCUT2D eigenvalue weighted by atomic mass is 9.88. The highest BCUT2D eigenvalue weighted by Crippen LogP contribution is 2.35. The molecule has 96 valence electrons. The number of hydrogen-bond donors (Lipinski definition) is 3. The molecular weight excluding hydrogens is 228 g/mol. The number of benzene rings is 1. The first-order valence-corrected chi connectivity index (χ1v) is 6.50. The summed E-state index contributed by atoms with van der Waals surface area (Å²) in [6.07, 6.45) is 3.19. The fourth-order valence-electron chi connectivity index (χ4n) is 3.10. The Morgan fingerprint density at radius 1 is 1.44 bits per heavy atom. The third-order valence-corrected chi connectivity index (χ3v) is 4.13. The number of carbonyl (C=O) groups excluding carboxylic acids is 1.